The number of piperazine rings is 1. The monoisotopic (exact) mass is 272 g/mol. The van der Waals surface area contributed by atoms with Gasteiger partial charge >= 0.3 is 6.09 Å². The number of methoxy groups -OCH3 is 1. The third-order valence-corrected chi connectivity index (χ3v) is 3.56. The van der Waals surface area contributed by atoms with Crippen molar-refractivity contribution in [3.05, 3.63) is 30.5 Å². The number of nitrogens with zero attached hydrogens (tertiary/aromatic N) is 4. The largest absolute Gasteiger partial charge is 0.453 e. The molecule has 1 amide bonds. The number of benzene rings is 1. The van der Waals surface area contributed by atoms with Crippen molar-refractivity contribution in [1.82, 2.24) is 15.1 Å². The zero-order chi connectivity index (χ0) is 13.9. The van der Waals surface area contributed by atoms with Gasteiger partial charge < -0.3 is 14.5 Å². The summed E-state index contributed by atoms with van der Waals surface area (Å²) in [5, 5.41) is 10.5. The molecule has 2 aromatic rings. The first-order valence-electron chi connectivity index (χ1n) is 6.58. The van der Waals surface area contributed by atoms with Gasteiger partial charge in [0.15, 0.2) is 5.82 Å². The van der Waals surface area contributed by atoms with E-state index in [0.29, 0.717) is 13.1 Å². The molecule has 0 N–H and O–H groups in total. The van der Waals surface area contributed by atoms with E-state index in [4.69, 9.17) is 4.74 Å². The van der Waals surface area contributed by atoms with Gasteiger partial charge in [-0.2, -0.15) is 5.10 Å². The van der Waals surface area contributed by atoms with Crippen LogP contribution in [-0.4, -0.2) is 54.5 Å². The van der Waals surface area contributed by atoms with Gasteiger partial charge in [-0.1, -0.05) is 24.3 Å². The van der Waals surface area contributed by atoms with Gasteiger partial charge in [-0.05, 0) is 0 Å². The Morgan fingerprint density at radius 1 is 1.20 bits per heavy atom. The zero-order valence-electron chi connectivity index (χ0n) is 11.3. The van der Waals surface area contributed by atoms with Crippen LogP contribution in [0.25, 0.3) is 10.8 Å². The Morgan fingerprint density at radius 3 is 2.70 bits per heavy atom. The van der Waals surface area contributed by atoms with Crippen LogP contribution < -0.4 is 4.90 Å². The number of ether oxygens (including phenoxy) is 1. The van der Waals surface area contributed by atoms with E-state index in [2.05, 4.69) is 15.1 Å². The minimum Gasteiger partial charge on any atom is -0.453 e. The van der Waals surface area contributed by atoms with Crippen molar-refractivity contribution in [3.63, 3.8) is 0 Å². The highest BCUT2D eigenvalue weighted by molar-refractivity contribution is 5.91. The number of aromatic nitrogens is 2. The smallest absolute Gasteiger partial charge is 0.409 e. The van der Waals surface area contributed by atoms with E-state index in [0.717, 1.165) is 29.7 Å². The fraction of sp³-hybridized carbons (Fsp3) is 0.357. The summed E-state index contributed by atoms with van der Waals surface area (Å²) < 4.78 is 4.74. The lowest BCUT2D eigenvalue weighted by Crippen LogP contribution is -2.49. The summed E-state index contributed by atoms with van der Waals surface area (Å²) in [4.78, 5) is 15.3. The number of amides is 1. The maximum absolute atomic E-state index is 11.5. The fourth-order valence-corrected chi connectivity index (χ4v) is 2.48. The third kappa shape index (κ3) is 2.24. The van der Waals surface area contributed by atoms with E-state index in [1.54, 1.807) is 11.1 Å². The molecule has 1 aliphatic rings. The topological polar surface area (TPSA) is 58.6 Å². The zero-order valence-corrected chi connectivity index (χ0v) is 11.3. The SMILES string of the molecule is COC(=O)N1CCN(c2nncc3ccccc23)CC1. The van der Waals surface area contributed by atoms with Gasteiger partial charge in [-0.25, -0.2) is 4.79 Å². The number of hydrogen-bond donors (Lipinski definition) is 0. The molecule has 20 heavy (non-hydrogen) atoms. The molecule has 1 fully saturated rings. The second kappa shape index (κ2) is 5.32. The molecule has 6 heteroatoms. The highest BCUT2D eigenvalue weighted by Crippen LogP contribution is 2.24. The first kappa shape index (κ1) is 12.7. The molecule has 1 aliphatic heterocycles. The quantitative estimate of drug-likeness (QED) is 0.787. The van der Waals surface area contributed by atoms with Crippen molar-refractivity contribution in [1.29, 1.82) is 0 Å². The second-order valence-corrected chi connectivity index (χ2v) is 4.70. The maximum Gasteiger partial charge on any atom is 0.409 e. The number of carbonyl (C=O) groups is 1. The van der Waals surface area contributed by atoms with E-state index < -0.39 is 0 Å². The van der Waals surface area contributed by atoms with Gasteiger partial charge in [-0.15, -0.1) is 5.10 Å². The van der Waals surface area contributed by atoms with Gasteiger partial charge in [-0.3, -0.25) is 0 Å². The number of anilines is 1. The minimum atomic E-state index is -0.270. The standard InChI is InChI=1S/C14H16N4O2/c1-20-14(19)18-8-6-17(7-9-18)13-12-5-3-2-4-11(12)10-15-16-13/h2-5,10H,6-9H2,1H3. The Kier molecular flexibility index (Phi) is 3.37. The molecule has 0 radical (unpaired) electrons. The normalized spacial score (nSPS) is 15.4. The van der Waals surface area contributed by atoms with E-state index >= 15 is 0 Å². The molecule has 0 saturated carbocycles. The number of rotatable bonds is 1. The van der Waals surface area contributed by atoms with Crippen LogP contribution in [0.3, 0.4) is 0 Å². The van der Waals surface area contributed by atoms with E-state index in [9.17, 15) is 4.79 Å². The first-order valence-corrected chi connectivity index (χ1v) is 6.58. The summed E-state index contributed by atoms with van der Waals surface area (Å²) in [7, 11) is 1.41. The van der Waals surface area contributed by atoms with Crippen LogP contribution in [0.5, 0.6) is 0 Å². The van der Waals surface area contributed by atoms with Crippen molar-refractivity contribution < 1.29 is 9.53 Å². The second-order valence-electron chi connectivity index (χ2n) is 4.70. The molecule has 104 valence electrons. The van der Waals surface area contributed by atoms with Crippen molar-refractivity contribution in [3.8, 4) is 0 Å². The van der Waals surface area contributed by atoms with E-state index in [-0.39, 0.29) is 6.09 Å². The number of carbonyl (C=O) groups excluding carboxylic acids is 1. The molecule has 1 aromatic heterocycles. The van der Waals surface area contributed by atoms with Crippen LogP contribution in [0.15, 0.2) is 30.5 Å². The lowest BCUT2D eigenvalue weighted by atomic mass is 10.2. The summed E-state index contributed by atoms with van der Waals surface area (Å²) in [6.07, 6.45) is 1.50. The van der Waals surface area contributed by atoms with Gasteiger partial charge in [0, 0.05) is 37.0 Å². The molecular formula is C14H16N4O2. The summed E-state index contributed by atoms with van der Waals surface area (Å²) in [5.41, 5.74) is 0. The Balaban J connectivity index is 1.82. The predicted octanol–water partition coefficient (Wildman–Crippen LogP) is 1.52. The molecule has 0 atom stereocenters. The number of fused-ring (bicyclic) bond motifs is 1. The van der Waals surface area contributed by atoms with Crippen LogP contribution in [0.1, 0.15) is 0 Å². The highest BCUT2D eigenvalue weighted by atomic mass is 16.5. The van der Waals surface area contributed by atoms with E-state index in [1.165, 1.54) is 7.11 Å². The Hall–Kier alpha value is -2.37. The molecule has 0 spiro atoms. The molecule has 0 aliphatic carbocycles. The molecule has 0 unspecified atom stereocenters. The van der Waals surface area contributed by atoms with Crippen molar-refractivity contribution in [2.24, 2.45) is 0 Å². The highest BCUT2D eigenvalue weighted by Gasteiger charge is 2.23. The summed E-state index contributed by atoms with van der Waals surface area (Å²) >= 11 is 0. The maximum atomic E-state index is 11.5. The van der Waals surface area contributed by atoms with Crippen molar-refractivity contribution in [2.45, 2.75) is 0 Å². The fourth-order valence-electron chi connectivity index (χ4n) is 2.48. The predicted molar refractivity (Wildman–Crippen MR) is 75.7 cm³/mol. The molecule has 1 aromatic carbocycles. The first-order chi connectivity index (χ1) is 9.79. The molecule has 0 bridgehead atoms. The molecule has 3 rings (SSSR count). The Labute approximate surface area is 116 Å². The average molecular weight is 272 g/mol. The molecule has 2 heterocycles. The lowest BCUT2D eigenvalue weighted by molar-refractivity contribution is 0.121. The summed E-state index contributed by atoms with van der Waals surface area (Å²) in [6, 6.07) is 8.06. The third-order valence-electron chi connectivity index (χ3n) is 3.56. The van der Waals surface area contributed by atoms with Gasteiger partial charge in [0.2, 0.25) is 0 Å². The van der Waals surface area contributed by atoms with Crippen LogP contribution in [-0.2, 0) is 4.74 Å². The Bertz CT molecular complexity index is 618. The molecule has 1 saturated heterocycles. The average Bonchev–Trinajstić information content (AvgIpc) is 2.54. The lowest BCUT2D eigenvalue weighted by Gasteiger charge is -2.34. The van der Waals surface area contributed by atoms with Crippen molar-refractivity contribution >= 4 is 22.7 Å². The minimum absolute atomic E-state index is 0.270. The van der Waals surface area contributed by atoms with Crippen LogP contribution >= 0.6 is 0 Å². The summed E-state index contributed by atoms with van der Waals surface area (Å²) in [5.74, 6) is 0.882. The van der Waals surface area contributed by atoms with Crippen LogP contribution in [0.2, 0.25) is 0 Å². The van der Waals surface area contributed by atoms with Crippen LogP contribution in [0, 0.1) is 0 Å². The van der Waals surface area contributed by atoms with Gasteiger partial charge in [0.25, 0.3) is 0 Å². The Morgan fingerprint density at radius 2 is 1.95 bits per heavy atom. The van der Waals surface area contributed by atoms with Gasteiger partial charge in [0.05, 0.1) is 13.3 Å². The summed E-state index contributed by atoms with van der Waals surface area (Å²) in [6.45, 7) is 2.74. The van der Waals surface area contributed by atoms with Crippen LogP contribution in [0.4, 0.5) is 10.6 Å². The van der Waals surface area contributed by atoms with E-state index in [1.807, 2.05) is 24.3 Å². The van der Waals surface area contributed by atoms with Crippen molar-refractivity contribution in [2.75, 3.05) is 38.2 Å². The molecule has 6 nitrogen and oxygen atoms in total. The molecular weight excluding hydrogens is 256 g/mol. The number of hydrogen-bond acceptors (Lipinski definition) is 5. The van der Waals surface area contributed by atoms with Gasteiger partial charge in [0.1, 0.15) is 0 Å².